The zero-order chi connectivity index (χ0) is 10.1. The Bertz CT molecular complexity index is 102. The van der Waals surface area contributed by atoms with Crippen LogP contribution in [-0.2, 0) is 0 Å². The highest BCUT2D eigenvalue weighted by molar-refractivity contribution is 4.54. The highest BCUT2D eigenvalue weighted by Crippen LogP contribution is 2.09. The molecular weight excluding hydrogens is 164 g/mol. The maximum Gasteiger partial charge on any atom is 0.0537 e. The summed E-state index contributed by atoms with van der Waals surface area (Å²) in [6.07, 6.45) is 7.06. The van der Waals surface area contributed by atoms with Gasteiger partial charge in [0.15, 0.2) is 0 Å². The van der Waals surface area contributed by atoms with Crippen LogP contribution in [0.15, 0.2) is 0 Å². The van der Waals surface area contributed by atoms with Crippen LogP contribution in [-0.4, -0.2) is 22.4 Å². The molecule has 2 heteroatoms. The Kier molecular flexibility index (Phi) is 8.46. The van der Waals surface area contributed by atoms with E-state index in [0.29, 0.717) is 0 Å². The summed E-state index contributed by atoms with van der Waals surface area (Å²) in [6.45, 7) is 3.85. The maximum absolute atomic E-state index is 9.26. The first-order valence-electron chi connectivity index (χ1n) is 5.53. The smallest absolute Gasteiger partial charge is 0.0537 e. The lowest BCUT2D eigenvalue weighted by atomic mass is 10.1. The van der Waals surface area contributed by atoms with Crippen LogP contribution in [0, 0.1) is 0 Å². The van der Waals surface area contributed by atoms with Crippen LogP contribution in [0.1, 0.15) is 58.8 Å². The average molecular weight is 188 g/mol. The Morgan fingerprint density at radius 1 is 0.923 bits per heavy atom. The van der Waals surface area contributed by atoms with E-state index >= 15 is 0 Å². The van der Waals surface area contributed by atoms with Gasteiger partial charge in [0.05, 0.1) is 12.2 Å². The molecule has 0 spiro atoms. The third kappa shape index (κ3) is 9.84. The maximum atomic E-state index is 9.26. The van der Waals surface area contributed by atoms with E-state index in [0.717, 1.165) is 32.1 Å². The summed E-state index contributed by atoms with van der Waals surface area (Å²) in [5.41, 5.74) is 0. The molecule has 13 heavy (non-hydrogen) atoms. The number of hydrogen-bond acceptors (Lipinski definition) is 2. The number of rotatable bonds is 8. The van der Waals surface area contributed by atoms with E-state index < -0.39 is 0 Å². The highest BCUT2D eigenvalue weighted by Gasteiger charge is 2.00. The van der Waals surface area contributed by atoms with E-state index in [4.69, 9.17) is 5.11 Å². The van der Waals surface area contributed by atoms with Gasteiger partial charge in [0, 0.05) is 0 Å². The molecule has 0 bridgehead atoms. The molecule has 0 heterocycles. The second-order valence-electron chi connectivity index (χ2n) is 3.90. The molecule has 0 fully saturated rings. The molecule has 0 saturated heterocycles. The molecule has 0 aromatic heterocycles. The minimum absolute atomic E-state index is 0.100. The van der Waals surface area contributed by atoms with Gasteiger partial charge in [0.2, 0.25) is 0 Å². The zero-order valence-electron chi connectivity index (χ0n) is 9.00. The van der Waals surface area contributed by atoms with Crippen molar-refractivity contribution >= 4 is 0 Å². The highest BCUT2D eigenvalue weighted by atomic mass is 16.3. The van der Waals surface area contributed by atoms with Crippen LogP contribution < -0.4 is 0 Å². The molecule has 0 amide bonds. The second kappa shape index (κ2) is 8.52. The SMILES string of the molecule is CC[C@@H](O)CCCCCC[C@H](C)O. The van der Waals surface area contributed by atoms with Crippen LogP contribution in [0.25, 0.3) is 0 Å². The number of aliphatic hydroxyl groups excluding tert-OH is 2. The third-order valence-electron chi connectivity index (χ3n) is 2.38. The molecule has 0 aliphatic rings. The van der Waals surface area contributed by atoms with Gasteiger partial charge in [-0.25, -0.2) is 0 Å². The van der Waals surface area contributed by atoms with Gasteiger partial charge in [-0.05, 0) is 26.2 Å². The van der Waals surface area contributed by atoms with E-state index in [1.165, 1.54) is 12.8 Å². The molecule has 80 valence electrons. The summed E-state index contributed by atoms with van der Waals surface area (Å²) in [4.78, 5) is 0. The van der Waals surface area contributed by atoms with E-state index in [9.17, 15) is 5.11 Å². The Morgan fingerprint density at radius 3 is 1.92 bits per heavy atom. The van der Waals surface area contributed by atoms with Crippen LogP contribution in [0.3, 0.4) is 0 Å². The van der Waals surface area contributed by atoms with Gasteiger partial charge < -0.3 is 10.2 Å². The Morgan fingerprint density at radius 2 is 1.46 bits per heavy atom. The normalized spacial score (nSPS) is 15.7. The van der Waals surface area contributed by atoms with Gasteiger partial charge in [0.25, 0.3) is 0 Å². The molecule has 0 aromatic rings. The van der Waals surface area contributed by atoms with Gasteiger partial charge in [-0.15, -0.1) is 0 Å². The largest absolute Gasteiger partial charge is 0.393 e. The summed E-state index contributed by atoms with van der Waals surface area (Å²) in [5, 5.41) is 18.3. The lowest BCUT2D eigenvalue weighted by Gasteiger charge is -2.07. The molecule has 0 unspecified atom stereocenters. The predicted molar refractivity (Wildman–Crippen MR) is 55.7 cm³/mol. The van der Waals surface area contributed by atoms with Crippen molar-refractivity contribution in [2.75, 3.05) is 0 Å². The summed E-state index contributed by atoms with van der Waals surface area (Å²) >= 11 is 0. The van der Waals surface area contributed by atoms with Gasteiger partial charge in [-0.1, -0.05) is 32.6 Å². The Balaban J connectivity index is 2.99. The van der Waals surface area contributed by atoms with Crippen molar-refractivity contribution in [3.63, 3.8) is 0 Å². The van der Waals surface area contributed by atoms with E-state index in [1.807, 2.05) is 13.8 Å². The minimum atomic E-state index is -0.152. The van der Waals surface area contributed by atoms with Crippen molar-refractivity contribution in [2.24, 2.45) is 0 Å². The minimum Gasteiger partial charge on any atom is -0.393 e. The van der Waals surface area contributed by atoms with Crippen LogP contribution in [0.4, 0.5) is 0 Å². The van der Waals surface area contributed by atoms with Crippen molar-refractivity contribution in [3.05, 3.63) is 0 Å². The van der Waals surface area contributed by atoms with Crippen molar-refractivity contribution in [2.45, 2.75) is 71.0 Å². The molecule has 0 rings (SSSR count). The molecule has 2 nitrogen and oxygen atoms in total. The van der Waals surface area contributed by atoms with Crippen LogP contribution >= 0.6 is 0 Å². The lowest BCUT2D eigenvalue weighted by Crippen LogP contribution is -2.03. The topological polar surface area (TPSA) is 40.5 Å². The van der Waals surface area contributed by atoms with Gasteiger partial charge >= 0.3 is 0 Å². The lowest BCUT2D eigenvalue weighted by molar-refractivity contribution is 0.155. The molecule has 2 atom stereocenters. The predicted octanol–water partition coefficient (Wildman–Crippen LogP) is 2.48. The fraction of sp³-hybridized carbons (Fsp3) is 1.00. The van der Waals surface area contributed by atoms with Gasteiger partial charge in [-0.2, -0.15) is 0 Å². The molecular formula is C11H24O2. The average Bonchev–Trinajstić information content (AvgIpc) is 2.10. The third-order valence-corrected chi connectivity index (χ3v) is 2.38. The number of aliphatic hydroxyl groups is 2. The Hall–Kier alpha value is -0.0800. The standard InChI is InChI=1S/C11H24O2/c1-3-11(13)9-7-5-4-6-8-10(2)12/h10-13H,3-9H2,1-2H3/t10-,11+/m0/s1. The van der Waals surface area contributed by atoms with Crippen molar-refractivity contribution in [1.29, 1.82) is 0 Å². The summed E-state index contributed by atoms with van der Waals surface area (Å²) in [7, 11) is 0. The molecule has 0 aliphatic carbocycles. The molecule has 0 saturated carbocycles. The van der Waals surface area contributed by atoms with E-state index in [-0.39, 0.29) is 12.2 Å². The van der Waals surface area contributed by atoms with Crippen molar-refractivity contribution in [3.8, 4) is 0 Å². The molecule has 0 radical (unpaired) electrons. The van der Waals surface area contributed by atoms with Crippen molar-refractivity contribution in [1.82, 2.24) is 0 Å². The molecule has 0 aliphatic heterocycles. The van der Waals surface area contributed by atoms with Crippen LogP contribution in [0.2, 0.25) is 0 Å². The number of unbranched alkanes of at least 4 members (excludes halogenated alkanes) is 3. The zero-order valence-corrected chi connectivity index (χ0v) is 9.00. The fourth-order valence-corrected chi connectivity index (χ4v) is 1.38. The molecule has 0 aromatic carbocycles. The van der Waals surface area contributed by atoms with Gasteiger partial charge in [-0.3, -0.25) is 0 Å². The molecule has 2 N–H and O–H groups in total. The van der Waals surface area contributed by atoms with E-state index in [1.54, 1.807) is 0 Å². The van der Waals surface area contributed by atoms with Crippen molar-refractivity contribution < 1.29 is 10.2 Å². The fourth-order valence-electron chi connectivity index (χ4n) is 1.38. The summed E-state index contributed by atoms with van der Waals surface area (Å²) in [6, 6.07) is 0. The first-order chi connectivity index (χ1) is 6.16. The Labute approximate surface area is 82.0 Å². The summed E-state index contributed by atoms with van der Waals surface area (Å²) < 4.78 is 0. The summed E-state index contributed by atoms with van der Waals surface area (Å²) in [5.74, 6) is 0. The number of hydrogen-bond donors (Lipinski definition) is 2. The van der Waals surface area contributed by atoms with Gasteiger partial charge in [0.1, 0.15) is 0 Å². The van der Waals surface area contributed by atoms with E-state index in [2.05, 4.69) is 0 Å². The monoisotopic (exact) mass is 188 g/mol. The first-order valence-corrected chi connectivity index (χ1v) is 5.53. The first kappa shape index (κ1) is 12.9. The quantitative estimate of drug-likeness (QED) is 0.574. The second-order valence-corrected chi connectivity index (χ2v) is 3.90. The van der Waals surface area contributed by atoms with Crippen LogP contribution in [0.5, 0.6) is 0 Å².